The number of hydrogen-bond donors (Lipinski definition) is 1. The van der Waals surface area contributed by atoms with Crippen LogP contribution in [0, 0.1) is 13.8 Å². The Morgan fingerprint density at radius 1 is 1.23 bits per heavy atom. The summed E-state index contributed by atoms with van der Waals surface area (Å²) in [6.07, 6.45) is 2.43. The number of nitrogens with one attached hydrogen (secondary N) is 1. The smallest absolute Gasteiger partial charge is 0.240 e. The molecule has 118 valence electrons. The maximum atomic E-state index is 12.3. The van der Waals surface area contributed by atoms with Gasteiger partial charge in [0, 0.05) is 29.0 Å². The molecule has 0 amide bonds. The first-order chi connectivity index (χ1) is 10.4. The summed E-state index contributed by atoms with van der Waals surface area (Å²) in [5, 5.41) is 0.520. The Bertz CT molecular complexity index is 790. The highest BCUT2D eigenvalue weighted by Crippen LogP contribution is 2.38. The molecular formula is C16H19ClN2O2S. The summed E-state index contributed by atoms with van der Waals surface area (Å²) in [6.45, 7) is 4.43. The Kier molecular flexibility index (Phi) is 4.05. The quantitative estimate of drug-likeness (QED) is 0.906. The Morgan fingerprint density at radius 2 is 1.86 bits per heavy atom. The van der Waals surface area contributed by atoms with Crippen molar-refractivity contribution < 1.29 is 8.42 Å². The topological polar surface area (TPSA) is 51.1 Å². The van der Waals surface area contributed by atoms with Gasteiger partial charge in [-0.05, 0) is 62.6 Å². The van der Waals surface area contributed by atoms with Gasteiger partial charge in [-0.2, -0.15) is 0 Å². The fraction of sp³-hybridized carbons (Fsp3) is 0.375. The van der Waals surface area contributed by atoms with Crippen molar-refractivity contribution in [2.75, 3.05) is 0 Å². The summed E-state index contributed by atoms with van der Waals surface area (Å²) >= 11 is 5.79. The molecular weight excluding hydrogens is 320 g/mol. The van der Waals surface area contributed by atoms with E-state index < -0.39 is 10.0 Å². The Hall–Kier alpha value is -1.30. The molecule has 1 aliphatic rings. The lowest BCUT2D eigenvalue weighted by atomic mass is 10.2. The summed E-state index contributed by atoms with van der Waals surface area (Å²) in [6, 6.07) is 8.85. The van der Waals surface area contributed by atoms with Gasteiger partial charge in [-0.3, -0.25) is 0 Å². The normalized spacial score (nSPS) is 15.2. The molecule has 22 heavy (non-hydrogen) atoms. The van der Waals surface area contributed by atoms with Crippen molar-refractivity contribution in [3.8, 4) is 0 Å². The molecule has 3 rings (SSSR count). The van der Waals surface area contributed by atoms with Gasteiger partial charge >= 0.3 is 0 Å². The molecule has 0 aliphatic heterocycles. The van der Waals surface area contributed by atoms with Crippen molar-refractivity contribution in [3.05, 3.63) is 52.3 Å². The van der Waals surface area contributed by atoms with E-state index >= 15 is 0 Å². The van der Waals surface area contributed by atoms with Crippen molar-refractivity contribution in [2.45, 2.75) is 44.2 Å². The molecule has 0 spiro atoms. The van der Waals surface area contributed by atoms with Crippen LogP contribution in [0.1, 0.15) is 35.8 Å². The number of aryl methyl sites for hydroxylation is 1. The minimum atomic E-state index is -3.52. The second-order valence-corrected chi connectivity index (χ2v) is 7.98. The Balaban J connectivity index is 1.77. The highest BCUT2D eigenvalue weighted by molar-refractivity contribution is 7.89. The van der Waals surface area contributed by atoms with E-state index in [2.05, 4.69) is 29.2 Å². The first-order valence-corrected chi connectivity index (χ1v) is 9.17. The van der Waals surface area contributed by atoms with E-state index in [1.165, 1.54) is 30.7 Å². The van der Waals surface area contributed by atoms with Gasteiger partial charge in [-0.1, -0.05) is 11.6 Å². The third kappa shape index (κ3) is 3.07. The fourth-order valence-corrected chi connectivity index (χ4v) is 3.92. The van der Waals surface area contributed by atoms with Crippen LogP contribution >= 0.6 is 11.6 Å². The van der Waals surface area contributed by atoms with E-state index in [-0.39, 0.29) is 4.90 Å². The second kappa shape index (κ2) is 5.72. The van der Waals surface area contributed by atoms with Crippen LogP contribution in [-0.2, 0) is 16.6 Å². The molecule has 1 saturated carbocycles. The summed E-state index contributed by atoms with van der Waals surface area (Å²) in [7, 11) is -3.52. The first kappa shape index (κ1) is 15.6. The molecule has 1 fully saturated rings. The number of sulfonamides is 1. The van der Waals surface area contributed by atoms with E-state index in [1.807, 2.05) is 0 Å². The lowest BCUT2D eigenvalue weighted by Gasteiger charge is -2.09. The van der Waals surface area contributed by atoms with E-state index in [9.17, 15) is 8.42 Å². The van der Waals surface area contributed by atoms with E-state index in [4.69, 9.17) is 11.6 Å². The van der Waals surface area contributed by atoms with Gasteiger partial charge in [0.1, 0.15) is 0 Å². The monoisotopic (exact) mass is 338 g/mol. The van der Waals surface area contributed by atoms with Gasteiger partial charge in [0.05, 0.1) is 4.90 Å². The SMILES string of the molecule is Cc1cc(CNS(=O)(=O)c2ccc(Cl)cc2)c(C)n1C1CC1. The maximum absolute atomic E-state index is 12.3. The fourth-order valence-electron chi connectivity index (χ4n) is 2.79. The molecule has 1 N–H and O–H groups in total. The number of aromatic nitrogens is 1. The summed E-state index contributed by atoms with van der Waals surface area (Å²) in [5.41, 5.74) is 3.38. The highest BCUT2D eigenvalue weighted by Gasteiger charge is 2.27. The standard InChI is InChI=1S/C16H19ClN2O2S/c1-11-9-13(12(2)19(11)15-5-6-15)10-18-22(20,21)16-7-3-14(17)4-8-16/h3-4,7-9,15,18H,5-6,10H2,1-2H3. The van der Waals surface area contributed by atoms with Crippen molar-refractivity contribution in [3.63, 3.8) is 0 Å². The summed E-state index contributed by atoms with van der Waals surface area (Å²) in [5.74, 6) is 0. The Labute approximate surface area is 136 Å². The zero-order chi connectivity index (χ0) is 15.9. The van der Waals surface area contributed by atoms with Crippen LogP contribution in [0.2, 0.25) is 5.02 Å². The number of hydrogen-bond acceptors (Lipinski definition) is 2. The molecule has 6 heteroatoms. The number of nitrogens with zero attached hydrogens (tertiary/aromatic N) is 1. The largest absolute Gasteiger partial charge is 0.346 e. The predicted molar refractivity (Wildman–Crippen MR) is 87.7 cm³/mol. The van der Waals surface area contributed by atoms with Gasteiger partial charge in [-0.25, -0.2) is 13.1 Å². The molecule has 4 nitrogen and oxygen atoms in total. The molecule has 0 saturated heterocycles. The van der Waals surface area contributed by atoms with Gasteiger partial charge in [0.25, 0.3) is 0 Å². The van der Waals surface area contributed by atoms with Crippen molar-refractivity contribution >= 4 is 21.6 Å². The van der Waals surface area contributed by atoms with Crippen LogP contribution in [0.15, 0.2) is 35.2 Å². The molecule has 1 aromatic heterocycles. The Morgan fingerprint density at radius 3 is 2.45 bits per heavy atom. The third-order valence-electron chi connectivity index (χ3n) is 4.08. The average Bonchev–Trinajstić information content (AvgIpc) is 3.24. The predicted octanol–water partition coefficient (Wildman–Crippen LogP) is 3.57. The van der Waals surface area contributed by atoms with Crippen LogP contribution in [-0.4, -0.2) is 13.0 Å². The summed E-state index contributed by atoms with van der Waals surface area (Å²) in [4.78, 5) is 0.230. The molecule has 1 aliphatic carbocycles. The number of benzene rings is 1. The van der Waals surface area contributed by atoms with Gasteiger partial charge < -0.3 is 4.57 Å². The zero-order valence-corrected chi connectivity index (χ0v) is 14.2. The average molecular weight is 339 g/mol. The number of rotatable bonds is 5. The zero-order valence-electron chi connectivity index (χ0n) is 12.6. The van der Waals surface area contributed by atoms with Crippen LogP contribution in [0.3, 0.4) is 0 Å². The van der Waals surface area contributed by atoms with Crippen LogP contribution in [0.4, 0.5) is 0 Å². The van der Waals surface area contributed by atoms with Gasteiger partial charge in [0.2, 0.25) is 10.0 Å². The minimum Gasteiger partial charge on any atom is -0.346 e. The molecule has 0 radical (unpaired) electrons. The van der Waals surface area contributed by atoms with Crippen molar-refractivity contribution in [1.29, 1.82) is 0 Å². The third-order valence-corrected chi connectivity index (χ3v) is 5.75. The molecule has 1 heterocycles. The van der Waals surface area contributed by atoms with Crippen molar-refractivity contribution in [2.24, 2.45) is 0 Å². The lowest BCUT2D eigenvalue weighted by Crippen LogP contribution is -2.23. The van der Waals surface area contributed by atoms with E-state index in [1.54, 1.807) is 12.1 Å². The minimum absolute atomic E-state index is 0.230. The molecule has 1 aromatic carbocycles. The molecule has 0 bridgehead atoms. The van der Waals surface area contributed by atoms with Gasteiger partial charge in [0.15, 0.2) is 0 Å². The van der Waals surface area contributed by atoms with Crippen LogP contribution < -0.4 is 4.72 Å². The number of halogens is 1. The maximum Gasteiger partial charge on any atom is 0.240 e. The molecule has 0 atom stereocenters. The molecule has 2 aromatic rings. The first-order valence-electron chi connectivity index (χ1n) is 7.31. The van der Waals surface area contributed by atoms with E-state index in [0.29, 0.717) is 17.6 Å². The second-order valence-electron chi connectivity index (χ2n) is 5.78. The van der Waals surface area contributed by atoms with Crippen LogP contribution in [0.25, 0.3) is 0 Å². The highest BCUT2D eigenvalue weighted by atomic mass is 35.5. The van der Waals surface area contributed by atoms with Crippen LogP contribution in [0.5, 0.6) is 0 Å². The lowest BCUT2D eigenvalue weighted by molar-refractivity contribution is 0.581. The van der Waals surface area contributed by atoms with Gasteiger partial charge in [-0.15, -0.1) is 0 Å². The van der Waals surface area contributed by atoms with E-state index in [0.717, 1.165) is 11.3 Å². The molecule has 0 unspecified atom stereocenters. The summed E-state index contributed by atoms with van der Waals surface area (Å²) < 4.78 is 29.6. The van der Waals surface area contributed by atoms with Crippen molar-refractivity contribution in [1.82, 2.24) is 9.29 Å².